The van der Waals surface area contributed by atoms with E-state index in [4.69, 9.17) is 0 Å². The number of hydrogen-bond acceptors (Lipinski definition) is 1. The lowest BCUT2D eigenvalue weighted by atomic mass is 10.0. The predicted molar refractivity (Wildman–Crippen MR) is 87.2 cm³/mol. The monoisotopic (exact) mass is 285 g/mol. The Morgan fingerprint density at radius 2 is 1.48 bits per heavy atom. The van der Waals surface area contributed by atoms with E-state index >= 15 is 0 Å². The van der Waals surface area contributed by atoms with Gasteiger partial charge in [-0.3, -0.25) is 0 Å². The molecular formula is C19H24FN. The molecule has 2 rings (SSSR count). The van der Waals surface area contributed by atoms with Crippen LogP contribution in [0.15, 0.2) is 30.3 Å². The van der Waals surface area contributed by atoms with Gasteiger partial charge in [-0.2, -0.15) is 0 Å². The Labute approximate surface area is 127 Å². The number of benzene rings is 2. The third-order valence-electron chi connectivity index (χ3n) is 4.14. The summed E-state index contributed by atoms with van der Waals surface area (Å²) in [4.78, 5) is 0. The van der Waals surface area contributed by atoms with Crippen molar-refractivity contribution in [2.45, 2.75) is 40.7 Å². The maximum Gasteiger partial charge on any atom is 0.123 e. The third-order valence-corrected chi connectivity index (χ3v) is 4.14. The van der Waals surface area contributed by atoms with E-state index in [0.717, 1.165) is 25.1 Å². The van der Waals surface area contributed by atoms with E-state index in [0.29, 0.717) is 0 Å². The van der Waals surface area contributed by atoms with E-state index in [1.54, 1.807) is 6.07 Å². The molecule has 2 aromatic rings. The largest absolute Gasteiger partial charge is 0.312 e. The van der Waals surface area contributed by atoms with Gasteiger partial charge in [-0.1, -0.05) is 18.2 Å². The van der Waals surface area contributed by atoms with Crippen molar-refractivity contribution < 1.29 is 4.39 Å². The van der Waals surface area contributed by atoms with E-state index < -0.39 is 0 Å². The topological polar surface area (TPSA) is 12.0 Å². The zero-order valence-electron chi connectivity index (χ0n) is 13.4. The molecule has 0 bridgehead atoms. The van der Waals surface area contributed by atoms with Crippen molar-refractivity contribution in [1.29, 1.82) is 0 Å². The van der Waals surface area contributed by atoms with Crippen LogP contribution in [-0.2, 0) is 13.0 Å². The molecule has 112 valence electrons. The second-order valence-corrected chi connectivity index (χ2v) is 5.86. The van der Waals surface area contributed by atoms with Crippen molar-refractivity contribution in [3.63, 3.8) is 0 Å². The van der Waals surface area contributed by atoms with Crippen molar-refractivity contribution >= 4 is 0 Å². The summed E-state index contributed by atoms with van der Waals surface area (Å²) in [5.41, 5.74) is 7.61. The van der Waals surface area contributed by atoms with Crippen LogP contribution in [0.2, 0.25) is 0 Å². The van der Waals surface area contributed by atoms with Crippen molar-refractivity contribution in [3.05, 3.63) is 69.5 Å². The van der Waals surface area contributed by atoms with Crippen molar-refractivity contribution in [3.8, 4) is 0 Å². The number of rotatable bonds is 5. The smallest absolute Gasteiger partial charge is 0.123 e. The van der Waals surface area contributed by atoms with Crippen LogP contribution in [0.3, 0.4) is 0 Å². The van der Waals surface area contributed by atoms with Gasteiger partial charge in [-0.25, -0.2) is 4.39 Å². The van der Waals surface area contributed by atoms with Gasteiger partial charge in [0.15, 0.2) is 0 Å². The molecule has 0 saturated heterocycles. The van der Waals surface area contributed by atoms with Gasteiger partial charge < -0.3 is 5.32 Å². The summed E-state index contributed by atoms with van der Waals surface area (Å²) < 4.78 is 13.1. The fraction of sp³-hybridized carbons (Fsp3) is 0.368. The van der Waals surface area contributed by atoms with Crippen LogP contribution in [0.5, 0.6) is 0 Å². The van der Waals surface area contributed by atoms with Crippen molar-refractivity contribution in [1.82, 2.24) is 5.32 Å². The molecular weight excluding hydrogens is 261 g/mol. The first-order valence-electron chi connectivity index (χ1n) is 7.50. The summed E-state index contributed by atoms with van der Waals surface area (Å²) in [7, 11) is 0. The van der Waals surface area contributed by atoms with Gasteiger partial charge in [0.2, 0.25) is 0 Å². The van der Waals surface area contributed by atoms with Gasteiger partial charge >= 0.3 is 0 Å². The lowest BCUT2D eigenvalue weighted by Gasteiger charge is -2.12. The molecule has 0 heterocycles. The average Bonchev–Trinajstić information content (AvgIpc) is 2.42. The third kappa shape index (κ3) is 4.15. The molecule has 0 aliphatic rings. The maximum absolute atomic E-state index is 13.1. The minimum absolute atomic E-state index is 0.157. The predicted octanol–water partition coefficient (Wildman–Crippen LogP) is 4.39. The summed E-state index contributed by atoms with van der Waals surface area (Å²) in [5, 5.41) is 3.49. The van der Waals surface area contributed by atoms with E-state index in [9.17, 15) is 4.39 Å². The highest BCUT2D eigenvalue weighted by molar-refractivity contribution is 5.36. The van der Waals surface area contributed by atoms with E-state index in [1.165, 1.54) is 33.9 Å². The molecule has 0 atom stereocenters. The Morgan fingerprint density at radius 1 is 0.810 bits per heavy atom. The minimum atomic E-state index is -0.157. The molecule has 0 aromatic heterocycles. The van der Waals surface area contributed by atoms with Crippen LogP contribution in [0, 0.1) is 33.5 Å². The maximum atomic E-state index is 13.1. The van der Waals surface area contributed by atoms with Crippen molar-refractivity contribution in [2.24, 2.45) is 0 Å². The normalized spacial score (nSPS) is 10.9. The van der Waals surface area contributed by atoms with E-state index in [2.05, 4.69) is 38.2 Å². The second kappa shape index (κ2) is 6.86. The molecule has 0 aliphatic carbocycles. The summed E-state index contributed by atoms with van der Waals surface area (Å²) in [6.07, 6.45) is 0.927. The van der Waals surface area contributed by atoms with Crippen LogP contribution >= 0.6 is 0 Å². The van der Waals surface area contributed by atoms with Crippen molar-refractivity contribution in [2.75, 3.05) is 6.54 Å². The first-order chi connectivity index (χ1) is 9.97. The summed E-state index contributed by atoms with van der Waals surface area (Å²) in [6, 6.07) is 9.53. The molecule has 1 N–H and O–H groups in total. The number of aryl methyl sites for hydroxylation is 4. The number of nitrogens with one attached hydrogen (secondary N) is 1. The molecule has 0 radical (unpaired) electrons. The van der Waals surface area contributed by atoms with Crippen LogP contribution in [0.4, 0.5) is 4.39 Å². The van der Waals surface area contributed by atoms with Crippen LogP contribution in [-0.4, -0.2) is 6.54 Å². The Balaban J connectivity index is 1.89. The number of hydrogen-bond donors (Lipinski definition) is 1. The zero-order valence-corrected chi connectivity index (χ0v) is 13.4. The fourth-order valence-electron chi connectivity index (χ4n) is 2.60. The lowest BCUT2D eigenvalue weighted by Crippen LogP contribution is -2.18. The molecule has 0 aliphatic heterocycles. The summed E-state index contributed by atoms with van der Waals surface area (Å²) >= 11 is 0. The summed E-state index contributed by atoms with van der Waals surface area (Å²) in [6.45, 7) is 10.2. The van der Waals surface area contributed by atoms with Crippen LogP contribution < -0.4 is 5.32 Å². The molecule has 0 spiro atoms. The van der Waals surface area contributed by atoms with Gasteiger partial charge in [0, 0.05) is 6.54 Å². The fourth-order valence-corrected chi connectivity index (χ4v) is 2.60. The highest BCUT2D eigenvalue weighted by atomic mass is 19.1. The molecule has 0 amide bonds. The molecule has 0 unspecified atom stereocenters. The SMILES string of the molecule is Cc1cc(C)c(CNCCc2ccc(F)cc2C)cc1C. The molecule has 2 heteroatoms. The second-order valence-electron chi connectivity index (χ2n) is 5.86. The Morgan fingerprint density at radius 3 is 2.19 bits per heavy atom. The molecule has 1 nitrogen and oxygen atoms in total. The standard InChI is InChI=1S/C19H24FN/c1-13-9-15(3)18(10-14(13)2)12-21-8-7-17-5-6-19(20)11-16(17)4/h5-6,9-11,21H,7-8,12H2,1-4H3. The Kier molecular flexibility index (Phi) is 5.13. The zero-order chi connectivity index (χ0) is 15.4. The Hall–Kier alpha value is -1.67. The van der Waals surface area contributed by atoms with Crippen LogP contribution in [0.1, 0.15) is 33.4 Å². The van der Waals surface area contributed by atoms with Crippen LogP contribution in [0.25, 0.3) is 0 Å². The van der Waals surface area contributed by atoms with Gasteiger partial charge in [0.05, 0.1) is 0 Å². The minimum Gasteiger partial charge on any atom is -0.312 e. The highest BCUT2D eigenvalue weighted by Crippen LogP contribution is 2.15. The first-order valence-corrected chi connectivity index (χ1v) is 7.50. The van der Waals surface area contributed by atoms with Gasteiger partial charge in [-0.05, 0) is 86.2 Å². The Bertz CT molecular complexity index is 632. The van der Waals surface area contributed by atoms with Gasteiger partial charge in [0.25, 0.3) is 0 Å². The van der Waals surface area contributed by atoms with Gasteiger partial charge in [0.1, 0.15) is 5.82 Å². The first kappa shape index (κ1) is 15.7. The quantitative estimate of drug-likeness (QED) is 0.803. The molecule has 0 fully saturated rings. The van der Waals surface area contributed by atoms with E-state index in [-0.39, 0.29) is 5.82 Å². The lowest BCUT2D eigenvalue weighted by molar-refractivity contribution is 0.624. The summed E-state index contributed by atoms with van der Waals surface area (Å²) in [5.74, 6) is -0.157. The average molecular weight is 285 g/mol. The highest BCUT2D eigenvalue weighted by Gasteiger charge is 2.03. The van der Waals surface area contributed by atoms with Gasteiger partial charge in [-0.15, -0.1) is 0 Å². The molecule has 0 saturated carbocycles. The van der Waals surface area contributed by atoms with E-state index in [1.807, 2.05) is 13.0 Å². The molecule has 21 heavy (non-hydrogen) atoms. The number of halogens is 1. The molecule has 2 aromatic carbocycles.